The van der Waals surface area contributed by atoms with Gasteiger partial charge in [-0.15, -0.1) is 0 Å². The molecule has 0 aliphatic heterocycles. The number of aliphatic hydroxyl groups is 2. The molecule has 28 heavy (non-hydrogen) atoms. The van der Waals surface area contributed by atoms with Crippen LogP contribution in [0, 0.1) is 0 Å². The van der Waals surface area contributed by atoms with Crippen LogP contribution in [-0.2, 0) is 38.1 Å². The molecular formula is C18H30O10. The molecule has 0 heterocycles. The van der Waals surface area contributed by atoms with Crippen LogP contribution in [0.25, 0.3) is 0 Å². The van der Waals surface area contributed by atoms with Crippen LogP contribution in [0.3, 0.4) is 0 Å². The van der Waals surface area contributed by atoms with Gasteiger partial charge in [0.05, 0.1) is 13.2 Å². The van der Waals surface area contributed by atoms with Crippen LogP contribution in [-0.4, -0.2) is 71.7 Å². The molecule has 0 rings (SSSR count). The predicted octanol–water partition coefficient (Wildman–Crippen LogP) is 0.258. The Bertz CT molecular complexity index is 468. The van der Waals surface area contributed by atoms with Crippen molar-refractivity contribution < 1.29 is 48.3 Å². The molecule has 0 bridgehead atoms. The molecule has 4 atom stereocenters. The van der Waals surface area contributed by atoms with Crippen LogP contribution in [0.15, 0.2) is 0 Å². The number of esters is 4. The van der Waals surface area contributed by atoms with E-state index in [0.29, 0.717) is 12.8 Å². The highest BCUT2D eigenvalue weighted by Gasteiger charge is 2.22. The molecule has 0 saturated heterocycles. The summed E-state index contributed by atoms with van der Waals surface area (Å²) in [7, 11) is 0. The van der Waals surface area contributed by atoms with Crippen molar-refractivity contribution in [3.05, 3.63) is 0 Å². The molecule has 0 spiro atoms. The van der Waals surface area contributed by atoms with Gasteiger partial charge in [-0.3, -0.25) is 0 Å². The van der Waals surface area contributed by atoms with E-state index in [2.05, 4.69) is 0 Å². The Morgan fingerprint density at radius 2 is 0.929 bits per heavy atom. The molecule has 4 unspecified atom stereocenters. The normalized spacial score (nSPS) is 14.9. The van der Waals surface area contributed by atoms with Crippen LogP contribution < -0.4 is 0 Å². The van der Waals surface area contributed by atoms with Gasteiger partial charge in [0.2, 0.25) is 0 Å². The van der Waals surface area contributed by atoms with Crippen molar-refractivity contribution in [2.24, 2.45) is 0 Å². The fourth-order valence-electron chi connectivity index (χ4n) is 1.78. The molecule has 10 nitrogen and oxygen atoms in total. The first-order valence-electron chi connectivity index (χ1n) is 9.16. The van der Waals surface area contributed by atoms with Crippen LogP contribution in [0.1, 0.15) is 53.4 Å². The standard InChI is InChI=1S/C18H30O10/c1-11(19)15(21)27-13(3)17(23)25-9-7-5-6-8-10-26-18(24)14(4)28-16(22)12(2)20/h11-14,19-20H,5-10H2,1-4H3. The third kappa shape index (κ3) is 11.5. The summed E-state index contributed by atoms with van der Waals surface area (Å²) in [6.45, 7) is 5.50. The lowest BCUT2D eigenvalue weighted by Gasteiger charge is -2.14. The third-order valence-electron chi connectivity index (χ3n) is 3.46. The average molecular weight is 406 g/mol. The van der Waals surface area contributed by atoms with Gasteiger partial charge < -0.3 is 29.2 Å². The van der Waals surface area contributed by atoms with E-state index in [4.69, 9.17) is 29.2 Å². The first-order valence-corrected chi connectivity index (χ1v) is 9.16. The van der Waals surface area contributed by atoms with Gasteiger partial charge in [-0.1, -0.05) is 0 Å². The van der Waals surface area contributed by atoms with Gasteiger partial charge in [0.15, 0.2) is 12.2 Å². The van der Waals surface area contributed by atoms with Crippen molar-refractivity contribution in [1.82, 2.24) is 0 Å². The van der Waals surface area contributed by atoms with Gasteiger partial charge >= 0.3 is 23.9 Å². The van der Waals surface area contributed by atoms with Crippen LogP contribution in [0.5, 0.6) is 0 Å². The van der Waals surface area contributed by atoms with Crippen molar-refractivity contribution in [2.75, 3.05) is 13.2 Å². The highest BCUT2D eigenvalue weighted by molar-refractivity contribution is 5.81. The molecule has 2 N–H and O–H groups in total. The van der Waals surface area contributed by atoms with E-state index in [1.54, 1.807) is 0 Å². The van der Waals surface area contributed by atoms with Gasteiger partial charge in [0.25, 0.3) is 0 Å². The Balaban J connectivity index is 3.74. The maximum atomic E-state index is 11.6. The number of hydrogen-bond donors (Lipinski definition) is 2. The summed E-state index contributed by atoms with van der Waals surface area (Å²) in [6.07, 6.45) is -2.19. The Morgan fingerprint density at radius 3 is 1.21 bits per heavy atom. The highest BCUT2D eigenvalue weighted by Crippen LogP contribution is 2.05. The lowest BCUT2D eigenvalue weighted by atomic mass is 10.2. The summed E-state index contributed by atoms with van der Waals surface area (Å²) in [5, 5.41) is 18.0. The maximum Gasteiger partial charge on any atom is 0.347 e. The molecule has 162 valence electrons. The van der Waals surface area contributed by atoms with Crippen LogP contribution in [0.4, 0.5) is 0 Å². The van der Waals surface area contributed by atoms with E-state index < -0.39 is 48.3 Å². The largest absolute Gasteiger partial charge is 0.463 e. The minimum absolute atomic E-state index is 0.154. The quantitative estimate of drug-likeness (QED) is 0.248. The Labute approximate surface area is 164 Å². The topological polar surface area (TPSA) is 146 Å². The van der Waals surface area contributed by atoms with Crippen LogP contribution >= 0.6 is 0 Å². The molecule has 0 aliphatic carbocycles. The van der Waals surface area contributed by atoms with E-state index in [1.807, 2.05) is 0 Å². The molecule has 0 fully saturated rings. The lowest BCUT2D eigenvalue weighted by molar-refractivity contribution is -0.171. The van der Waals surface area contributed by atoms with E-state index in [-0.39, 0.29) is 13.2 Å². The second-order valence-corrected chi connectivity index (χ2v) is 6.26. The summed E-state index contributed by atoms with van der Waals surface area (Å²) in [5.41, 5.74) is 0. The van der Waals surface area contributed by atoms with Crippen LogP contribution in [0.2, 0.25) is 0 Å². The molecule has 0 aliphatic rings. The molecule has 0 aromatic heterocycles. The Kier molecular flexibility index (Phi) is 12.8. The number of carbonyl (C=O) groups is 4. The third-order valence-corrected chi connectivity index (χ3v) is 3.46. The molecular weight excluding hydrogens is 376 g/mol. The van der Waals surface area contributed by atoms with E-state index in [0.717, 1.165) is 12.8 Å². The fraction of sp³-hybridized carbons (Fsp3) is 0.778. The van der Waals surface area contributed by atoms with Gasteiger partial charge in [-0.05, 0) is 53.4 Å². The van der Waals surface area contributed by atoms with Gasteiger partial charge in [0.1, 0.15) is 12.2 Å². The minimum atomic E-state index is -1.31. The zero-order chi connectivity index (χ0) is 21.7. The number of unbranched alkanes of at least 4 members (excludes halogenated alkanes) is 3. The summed E-state index contributed by atoms with van der Waals surface area (Å²) in [6, 6.07) is 0. The smallest absolute Gasteiger partial charge is 0.347 e. The van der Waals surface area contributed by atoms with Crippen molar-refractivity contribution in [3.8, 4) is 0 Å². The average Bonchev–Trinajstić information content (AvgIpc) is 2.62. The SMILES string of the molecule is CC(O)C(=O)OC(C)C(=O)OCCCCCCOC(=O)C(C)OC(=O)C(C)O. The van der Waals surface area contributed by atoms with E-state index in [9.17, 15) is 19.2 Å². The second-order valence-electron chi connectivity index (χ2n) is 6.26. The molecule has 0 aromatic rings. The molecule has 0 saturated carbocycles. The maximum absolute atomic E-state index is 11.6. The first kappa shape index (κ1) is 25.8. The zero-order valence-corrected chi connectivity index (χ0v) is 16.7. The van der Waals surface area contributed by atoms with Gasteiger partial charge in [0, 0.05) is 0 Å². The fourth-order valence-corrected chi connectivity index (χ4v) is 1.78. The molecule has 10 heteroatoms. The number of carbonyl (C=O) groups excluding carboxylic acids is 4. The summed E-state index contributed by atoms with van der Waals surface area (Å²) >= 11 is 0. The predicted molar refractivity (Wildman–Crippen MR) is 94.9 cm³/mol. The second kappa shape index (κ2) is 13.9. The molecule has 0 radical (unpaired) electrons. The Morgan fingerprint density at radius 1 is 0.607 bits per heavy atom. The summed E-state index contributed by atoms with van der Waals surface area (Å²) < 4.78 is 19.3. The van der Waals surface area contributed by atoms with Gasteiger partial charge in [-0.2, -0.15) is 0 Å². The Hall–Kier alpha value is -2.20. The summed E-state index contributed by atoms with van der Waals surface area (Å²) in [4.78, 5) is 45.5. The first-order chi connectivity index (χ1) is 13.1. The molecule has 0 amide bonds. The van der Waals surface area contributed by atoms with Gasteiger partial charge in [-0.25, -0.2) is 19.2 Å². The number of rotatable bonds is 13. The molecule has 0 aromatic carbocycles. The summed E-state index contributed by atoms with van der Waals surface area (Å²) in [5.74, 6) is -3.17. The lowest BCUT2D eigenvalue weighted by Crippen LogP contribution is -2.31. The van der Waals surface area contributed by atoms with Crippen molar-refractivity contribution in [1.29, 1.82) is 0 Å². The minimum Gasteiger partial charge on any atom is -0.463 e. The highest BCUT2D eigenvalue weighted by atomic mass is 16.6. The monoisotopic (exact) mass is 406 g/mol. The number of aliphatic hydroxyl groups excluding tert-OH is 2. The number of hydrogen-bond acceptors (Lipinski definition) is 10. The number of ether oxygens (including phenoxy) is 4. The van der Waals surface area contributed by atoms with E-state index >= 15 is 0 Å². The van der Waals surface area contributed by atoms with E-state index in [1.165, 1.54) is 27.7 Å². The van der Waals surface area contributed by atoms with Crippen molar-refractivity contribution in [2.45, 2.75) is 77.8 Å². The zero-order valence-electron chi connectivity index (χ0n) is 16.7. The van der Waals surface area contributed by atoms with Crippen molar-refractivity contribution >= 4 is 23.9 Å². The van der Waals surface area contributed by atoms with Crippen molar-refractivity contribution in [3.63, 3.8) is 0 Å².